The Morgan fingerprint density at radius 3 is 2.58 bits per heavy atom. The number of anilines is 1. The molecule has 7 heteroatoms. The van der Waals surface area contributed by atoms with E-state index in [9.17, 15) is 14.4 Å². The normalized spacial score (nSPS) is 18.5. The molecular weight excluding hydrogens is 308 g/mol. The smallest absolute Gasteiger partial charge is 0.278 e. The third-order valence-electron chi connectivity index (χ3n) is 4.33. The van der Waals surface area contributed by atoms with Gasteiger partial charge in [0, 0.05) is 5.69 Å². The number of aryl methyl sites for hydroxylation is 2. The van der Waals surface area contributed by atoms with E-state index in [1.54, 1.807) is 6.92 Å². The molecule has 1 aromatic carbocycles. The lowest BCUT2D eigenvalue weighted by Crippen LogP contribution is -3.19. The molecule has 1 aromatic rings. The van der Waals surface area contributed by atoms with Gasteiger partial charge in [0.15, 0.2) is 12.6 Å². The molecule has 0 bridgehead atoms. The summed E-state index contributed by atoms with van der Waals surface area (Å²) in [4.78, 5) is 36.6. The molecule has 0 saturated carbocycles. The molecule has 1 fully saturated rings. The zero-order valence-corrected chi connectivity index (χ0v) is 14.4. The summed E-state index contributed by atoms with van der Waals surface area (Å²) in [6, 6.07) is 5.41. The number of piperazine rings is 1. The van der Waals surface area contributed by atoms with Crippen LogP contribution in [0.3, 0.4) is 0 Å². The molecule has 2 atom stereocenters. The molecule has 1 unspecified atom stereocenters. The monoisotopic (exact) mass is 333 g/mol. The van der Waals surface area contributed by atoms with E-state index >= 15 is 0 Å². The molecule has 2 rings (SSSR count). The molecule has 0 spiro atoms. The first-order valence-electron chi connectivity index (χ1n) is 8.13. The fourth-order valence-electron chi connectivity index (χ4n) is 2.79. The first kappa shape index (κ1) is 17.9. The first-order chi connectivity index (χ1) is 11.4. The van der Waals surface area contributed by atoms with E-state index in [1.807, 2.05) is 32.0 Å². The maximum Gasteiger partial charge on any atom is 0.278 e. The van der Waals surface area contributed by atoms with Crippen molar-refractivity contribution < 1.29 is 19.3 Å². The summed E-state index contributed by atoms with van der Waals surface area (Å²) in [5.41, 5.74) is 2.74. The SMILES string of the molecule is Cc1cccc(C)c1NC(=O)CNC(=O)[C@@H](C)[NH+]1CCNC(=O)C1. The van der Waals surface area contributed by atoms with Gasteiger partial charge in [-0.25, -0.2) is 0 Å². The lowest BCUT2D eigenvalue weighted by molar-refractivity contribution is -0.907. The molecule has 130 valence electrons. The van der Waals surface area contributed by atoms with Crippen molar-refractivity contribution in [2.24, 2.45) is 0 Å². The minimum Gasteiger partial charge on any atom is -0.346 e. The number of benzene rings is 1. The van der Waals surface area contributed by atoms with E-state index < -0.39 is 0 Å². The summed E-state index contributed by atoms with van der Waals surface area (Å²) in [6.07, 6.45) is 0. The summed E-state index contributed by atoms with van der Waals surface area (Å²) >= 11 is 0. The molecule has 1 aliphatic heterocycles. The van der Waals surface area contributed by atoms with Gasteiger partial charge >= 0.3 is 0 Å². The molecule has 0 radical (unpaired) electrons. The Morgan fingerprint density at radius 1 is 1.29 bits per heavy atom. The maximum atomic E-state index is 12.2. The van der Waals surface area contributed by atoms with Gasteiger partial charge in [0.25, 0.3) is 11.8 Å². The van der Waals surface area contributed by atoms with Gasteiger partial charge in [-0.05, 0) is 31.9 Å². The van der Waals surface area contributed by atoms with Crippen molar-refractivity contribution in [1.82, 2.24) is 10.6 Å². The van der Waals surface area contributed by atoms with Gasteiger partial charge in [0.05, 0.1) is 19.6 Å². The molecule has 0 aromatic heterocycles. The van der Waals surface area contributed by atoms with Crippen LogP contribution in [0.4, 0.5) is 5.69 Å². The summed E-state index contributed by atoms with van der Waals surface area (Å²) < 4.78 is 0. The van der Waals surface area contributed by atoms with Crippen molar-refractivity contribution in [3.8, 4) is 0 Å². The van der Waals surface area contributed by atoms with Crippen LogP contribution in [0.2, 0.25) is 0 Å². The van der Waals surface area contributed by atoms with Crippen molar-refractivity contribution in [3.63, 3.8) is 0 Å². The number of hydrogen-bond donors (Lipinski definition) is 4. The molecule has 4 N–H and O–H groups in total. The molecule has 24 heavy (non-hydrogen) atoms. The van der Waals surface area contributed by atoms with Crippen LogP contribution in [0.25, 0.3) is 0 Å². The Balaban J connectivity index is 1.84. The highest BCUT2D eigenvalue weighted by Gasteiger charge is 2.29. The minimum atomic E-state index is -0.371. The number of carbonyl (C=O) groups excluding carboxylic acids is 3. The summed E-state index contributed by atoms with van der Waals surface area (Å²) in [5.74, 6) is -0.542. The zero-order chi connectivity index (χ0) is 17.7. The van der Waals surface area contributed by atoms with Crippen LogP contribution in [0.1, 0.15) is 18.1 Å². The molecule has 3 amide bonds. The highest BCUT2D eigenvalue weighted by molar-refractivity contribution is 5.96. The molecule has 7 nitrogen and oxygen atoms in total. The summed E-state index contributed by atoms with van der Waals surface area (Å²) in [5, 5.41) is 8.22. The number of hydrogen-bond acceptors (Lipinski definition) is 3. The van der Waals surface area contributed by atoms with E-state index in [-0.39, 0.29) is 36.9 Å². The highest BCUT2D eigenvalue weighted by Crippen LogP contribution is 2.18. The first-order valence-corrected chi connectivity index (χ1v) is 8.13. The fraction of sp³-hybridized carbons (Fsp3) is 0.471. The third-order valence-corrected chi connectivity index (χ3v) is 4.33. The van der Waals surface area contributed by atoms with Crippen molar-refractivity contribution in [3.05, 3.63) is 29.3 Å². The fourth-order valence-corrected chi connectivity index (χ4v) is 2.79. The Bertz CT molecular complexity index is 624. The maximum absolute atomic E-state index is 12.2. The second kappa shape index (κ2) is 7.92. The predicted molar refractivity (Wildman–Crippen MR) is 90.7 cm³/mol. The van der Waals surface area contributed by atoms with Gasteiger partial charge in [-0.2, -0.15) is 0 Å². The van der Waals surface area contributed by atoms with E-state index in [0.29, 0.717) is 13.1 Å². The number of quaternary nitrogens is 1. The summed E-state index contributed by atoms with van der Waals surface area (Å²) in [7, 11) is 0. The Labute approximate surface area is 141 Å². The van der Waals surface area contributed by atoms with Crippen LogP contribution in [0, 0.1) is 13.8 Å². The average Bonchev–Trinajstić information content (AvgIpc) is 2.55. The van der Waals surface area contributed by atoms with E-state index in [0.717, 1.165) is 21.7 Å². The minimum absolute atomic E-state index is 0.0522. The molecule has 1 aliphatic rings. The van der Waals surface area contributed by atoms with Crippen molar-refractivity contribution in [1.29, 1.82) is 0 Å². The van der Waals surface area contributed by atoms with Crippen LogP contribution in [-0.2, 0) is 14.4 Å². The van der Waals surface area contributed by atoms with Crippen molar-refractivity contribution in [2.75, 3.05) is 31.5 Å². The second-order valence-corrected chi connectivity index (χ2v) is 6.19. The number of carbonyl (C=O) groups is 3. The van der Waals surface area contributed by atoms with Gasteiger partial charge in [0.1, 0.15) is 0 Å². The molecule has 0 aliphatic carbocycles. The molecule has 1 heterocycles. The van der Waals surface area contributed by atoms with Gasteiger partial charge in [-0.1, -0.05) is 18.2 Å². The van der Waals surface area contributed by atoms with Gasteiger partial charge in [0.2, 0.25) is 5.91 Å². The second-order valence-electron chi connectivity index (χ2n) is 6.19. The zero-order valence-electron chi connectivity index (χ0n) is 14.4. The average molecular weight is 333 g/mol. The number of para-hydroxylation sites is 1. The summed E-state index contributed by atoms with van der Waals surface area (Å²) in [6.45, 7) is 7.09. The highest BCUT2D eigenvalue weighted by atomic mass is 16.2. The van der Waals surface area contributed by atoms with E-state index in [1.165, 1.54) is 0 Å². The van der Waals surface area contributed by atoms with Crippen molar-refractivity contribution >= 4 is 23.4 Å². The lowest BCUT2D eigenvalue weighted by atomic mass is 10.1. The third kappa shape index (κ3) is 4.55. The largest absolute Gasteiger partial charge is 0.346 e. The Hall–Kier alpha value is -2.41. The van der Waals surface area contributed by atoms with Crippen LogP contribution >= 0.6 is 0 Å². The standard InChI is InChI=1S/C17H24N4O3/c1-11-5-4-6-12(2)16(11)20-14(22)9-19-17(24)13(3)21-8-7-18-15(23)10-21/h4-6,13H,7-10H2,1-3H3,(H,18,23)(H,19,24)(H,20,22)/p+1/t13-/m1/s1. The van der Waals surface area contributed by atoms with Gasteiger partial charge < -0.3 is 20.9 Å². The van der Waals surface area contributed by atoms with E-state index in [2.05, 4.69) is 16.0 Å². The van der Waals surface area contributed by atoms with Crippen LogP contribution in [-0.4, -0.2) is 49.9 Å². The number of nitrogens with one attached hydrogen (secondary N) is 4. The van der Waals surface area contributed by atoms with Crippen LogP contribution in [0.15, 0.2) is 18.2 Å². The topological polar surface area (TPSA) is 91.7 Å². The quantitative estimate of drug-likeness (QED) is 0.543. The molecule has 1 saturated heterocycles. The van der Waals surface area contributed by atoms with Crippen LogP contribution in [0.5, 0.6) is 0 Å². The Kier molecular flexibility index (Phi) is 5.92. The number of rotatable bonds is 5. The van der Waals surface area contributed by atoms with Crippen LogP contribution < -0.4 is 20.9 Å². The Morgan fingerprint density at radius 2 is 1.96 bits per heavy atom. The molecular formula is C17H25N4O3+. The lowest BCUT2D eigenvalue weighted by Gasteiger charge is -2.28. The predicted octanol–water partition coefficient (Wildman–Crippen LogP) is -1.24. The van der Waals surface area contributed by atoms with E-state index in [4.69, 9.17) is 0 Å². The van der Waals surface area contributed by atoms with Gasteiger partial charge in [-0.15, -0.1) is 0 Å². The van der Waals surface area contributed by atoms with Crippen molar-refractivity contribution in [2.45, 2.75) is 26.8 Å². The van der Waals surface area contributed by atoms with Gasteiger partial charge in [-0.3, -0.25) is 14.4 Å². The number of amides is 3.